The second kappa shape index (κ2) is 6.83. The van der Waals surface area contributed by atoms with Crippen molar-refractivity contribution in [3.05, 3.63) is 71.0 Å². The lowest BCUT2D eigenvalue weighted by molar-refractivity contribution is 0.0535. The van der Waals surface area contributed by atoms with Gasteiger partial charge in [-0.1, -0.05) is 18.2 Å². The van der Waals surface area contributed by atoms with Crippen LogP contribution in [0.3, 0.4) is 0 Å². The molecule has 2 aromatic carbocycles. The third-order valence-corrected chi connectivity index (χ3v) is 4.28. The maximum Gasteiger partial charge on any atom is 0.253 e. The molecule has 0 saturated carbocycles. The van der Waals surface area contributed by atoms with Crippen LogP contribution in [0.4, 0.5) is 4.39 Å². The molecule has 5 heteroatoms. The summed E-state index contributed by atoms with van der Waals surface area (Å²) in [4.78, 5) is 28.4. The molecule has 0 bridgehead atoms. The van der Waals surface area contributed by atoms with E-state index >= 15 is 0 Å². The van der Waals surface area contributed by atoms with Gasteiger partial charge in [-0.3, -0.25) is 9.59 Å². The third-order valence-electron chi connectivity index (χ3n) is 4.28. The molecule has 0 spiro atoms. The zero-order valence-electron chi connectivity index (χ0n) is 13.5. The lowest BCUT2D eigenvalue weighted by Gasteiger charge is -2.35. The summed E-state index contributed by atoms with van der Waals surface area (Å²) in [6.45, 7) is 3.60. The molecular weight excluding hydrogens is 307 g/mol. The van der Waals surface area contributed by atoms with Crippen LogP contribution in [-0.4, -0.2) is 47.8 Å². The number of hydrogen-bond donors (Lipinski definition) is 0. The first-order valence-electron chi connectivity index (χ1n) is 7.96. The van der Waals surface area contributed by atoms with Crippen LogP contribution in [-0.2, 0) is 0 Å². The highest BCUT2D eigenvalue weighted by molar-refractivity contribution is 5.96. The van der Waals surface area contributed by atoms with Crippen LogP contribution in [0, 0.1) is 12.7 Å². The molecule has 24 heavy (non-hydrogen) atoms. The number of halogens is 1. The summed E-state index contributed by atoms with van der Waals surface area (Å²) in [5, 5.41) is 0. The lowest BCUT2D eigenvalue weighted by Crippen LogP contribution is -2.50. The van der Waals surface area contributed by atoms with Gasteiger partial charge in [0.05, 0.1) is 0 Å². The standard InChI is InChI=1S/C19H19FN2O2/c1-14-13-16(7-8-17(14)20)19(24)22-11-9-21(10-12-22)18(23)15-5-3-2-4-6-15/h2-8,13H,9-12H2,1H3. The molecule has 2 aromatic rings. The number of amides is 2. The van der Waals surface area contributed by atoms with Gasteiger partial charge in [-0.2, -0.15) is 0 Å². The molecule has 0 N–H and O–H groups in total. The largest absolute Gasteiger partial charge is 0.335 e. The predicted molar refractivity (Wildman–Crippen MR) is 89.4 cm³/mol. The number of piperazine rings is 1. The summed E-state index contributed by atoms with van der Waals surface area (Å²) in [7, 11) is 0. The highest BCUT2D eigenvalue weighted by atomic mass is 19.1. The maximum atomic E-state index is 13.3. The van der Waals surface area contributed by atoms with E-state index in [4.69, 9.17) is 0 Å². The molecule has 1 aliphatic heterocycles. The first kappa shape index (κ1) is 16.2. The minimum atomic E-state index is -0.315. The second-order valence-corrected chi connectivity index (χ2v) is 5.91. The molecule has 1 saturated heterocycles. The topological polar surface area (TPSA) is 40.6 Å². The number of rotatable bonds is 2. The number of carbonyl (C=O) groups is 2. The Bertz CT molecular complexity index is 753. The van der Waals surface area contributed by atoms with Gasteiger partial charge in [-0.15, -0.1) is 0 Å². The first-order valence-corrected chi connectivity index (χ1v) is 7.96. The summed E-state index contributed by atoms with van der Waals surface area (Å²) < 4.78 is 13.3. The molecule has 2 amide bonds. The summed E-state index contributed by atoms with van der Waals surface area (Å²) in [6, 6.07) is 13.5. The van der Waals surface area contributed by atoms with E-state index in [1.54, 1.807) is 34.9 Å². The highest BCUT2D eigenvalue weighted by Gasteiger charge is 2.25. The first-order chi connectivity index (χ1) is 11.6. The van der Waals surface area contributed by atoms with Crippen molar-refractivity contribution in [2.45, 2.75) is 6.92 Å². The monoisotopic (exact) mass is 326 g/mol. The van der Waals surface area contributed by atoms with Gasteiger partial charge in [0, 0.05) is 37.3 Å². The Hall–Kier alpha value is -2.69. The van der Waals surface area contributed by atoms with Gasteiger partial charge < -0.3 is 9.80 Å². The Labute approximate surface area is 140 Å². The van der Waals surface area contributed by atoms with Gasteiger partial charge in [0.15, 0.2) is 0 Å². The molecule has 1 heterocycles. The molecule has 1 aliphatic rings. The number of carbonyl (C=O) groups excluding carboxylic acids is 2. The SMILES string of the molecule is Cc1cc(C(=O)N2CCN(C(=O)c3ccccc3)CC2)ccc1F. The van der Waals surface area contributed by atoms with Crippen LogP contribution in [0.25, 0.3) is 0 Å². The van der Waals surface area contributed by atoms with Crippen molar-refractivity contribution in [2.75, 3.05) is 26.2 Å². The van der Waals surface area contributed by atoms with Crippen molar-refractivity contribution < 1.29 is 14.0 Å². The summed E-state index contributed by atoms with van der Waals surface area (Å²) >= 11 is 0. The van der Waals surface area contributed by atoms with Crippen molar-refractivity contribution in [1.29, 1.82) is 0 Å². The molecule has 1 fully saturated rings. The Balaban J connectivity index is 1.63. The number of benzene rings is 2. The van der Waals surface area contributed by atoms with E-state index in [0.717, 1.165) is 0 Å². The third kappa shape index (κ3) is 3.30. The Morgan fingerprint density at radius 1 is 0.833 bits per heavy atom. The quantitative estimate of drug-likeness (QED) is 0.851. The normalized spacial score (nSPS) is 14.6. The van der Waals surface area contributed by atoms with Crippen molar-refractivity contribution in [1.82, 2.24) is 9.80 Å². The smallest absolute Gasteiger partial charge is 0.253 e. The number of hydrogen-bond acceptors (Lipinski definition) is 2. The minimum Gasteiger partial charge on any atom is -0.335 e. The summed E-state index contributed by atoms with van der Waals surface area (Å²) in [6.07, 6.45) is 0. The zero-order chi connectivity index (χ0) is 17.1. The minimum absolute atomic E-state index is 0.0136. The van der Waals surface area contributed by atoms with Gasteiger partial charge in [0.2, 0.25) is 0 Å². The Kier molecular flexibility index (Phi) is 4.60. The molecule has 0 aromatic heterocycles. The van der Waals surface area contributed by atoms with Gasteiger partial charge in [0.1, 0.15) is 5.82 Å². The average Bonchev–Trinajstić information content (AvgIpc) is 2.63. The van der Waals surface area contributed by atoms with Crippen molar-refractivity contribution in [3.8, 4) is 0 Å². The van der Waals surface area contributed by atoms with Crippen LogP contribution in [0.15, 0.2) is 48.5 Å². The van der Waals surface area contributed by atoms with Crippen molar-refractivity contribution >= 4 is 11.8 Å². The predicted octanol–water partition coefficient (Wildman–Crippen LogP) is 2.73. The molecule has 4 nitrogen and oxygen atoms in total. The van der Waals surface area contributed by atoms with E-state index < -0.39 is 0 Å². The van der Waals surface area contributed by atoms with Crippen LogP contribution < -0.4 is 0 Å². The molecular formula is C19H19FN2O2. The van der Waals surface area contributed by atoms with Crippen LogP contribution >= 0.6 is 0 Å². The summed E-state index contributed by atoms with van der Waals surface area (Å²) in [5.41, 5.74) is 1.60. The van der Waals surface area contributed by atoms with Gasteiger partial charge >= 0.3 is 0 Å². The molecule has 3 rings (SSSR count). The molecule has 0 atom stereocenters. The fourth-order valence-corrected chi connectivity index (χ4v) is 2.84. The molecule has 124 valence electrons. The van der Waals surface area contributed by atoms with E-state index in [-0.39, 0.29) is 17.6 Å². The fourth-order valence-electron chi connectivity index (χ4n) is 2.84. The Morgan fingerprint density at radius 2 is 1.38 bits per heavy atom. The van der Waals surface area contributed by atoms with Gasteiger partial charge in [-0.05, 0) is 42.8 Å². The van der Waals surface area contributed by atoms with Crippen LogP contribution in [0.2, 0.25) is 0 Å². The molecule has 0 radical (unpaired) electrons. The van der Waals surface area contributed by atoms with Crippen molar-refractivity contribution in [2.24, 2.45) is 0 Å². The lowest BCUT2D eigenvalue weighted by atomic mass is 10.1. The van der Waals surface area contributed by atoms with E-state index in [1.165, 1.54) is 12.1 Å². The number of aryl methyl sites for hydroxylation is 1. The molecule has 0 aliphatic carbocycles. The van der Waals surface area contributed by atoms with E-state index in [1.807, 2.05) is 18.2 Å². The van der Waals surface area contributed by atoms with E-state index in [9.17, 15) is 14.0 Å². The second-order valence-electron chi connectivity index (χ2n) is 5.91. The fraction of sp³-hybridized carbons (Fsp3) is 0.263. The van der Waals surface area contributed by atoms with E-state index in [0.29, 0.717) is 42.9 Å². The highest BCUT2D eigenvalue weighted by Crippen LogP contribution is 2.14. The Morgan fingerprint density at radius 3 is 1.92 bits per heavy atom. The van der Waals surface area contributed by atoms with Gasteiger partial charge in [-0.25, -0.2) is 4.39 Å². The van der Waals surface area contributed by atoms with E-state index in [2.05, 4.69) is 0 Å². The summed E-state index contributed by atoms with van der Waals surface area (Å²) in [5.74, 6) is -0.449. The average molecular weight is 326 g/mol. The van der Waals surface area contributed by atoms with Crippen LogP contribution in [0.1, 0.15) is 26.3 Å². The zero-order valence-corrected chi connectivity index (χ0v) is 13.5. The maximum absolute atomic E-state index is 13.3. The number of nitrogens with zero attached hydrogens (tertiary/aromatic N) is 2. The molecule has 0 unspecified atom stereocenters. The van der Waals surface area contributed by atoms with Crippen LogP contribution in [0.5, 0.6) is 0 Å². The van der Waals surface area contributed by atoms with Gasteiger partial charge in [0.25, 0.3) is 11.8 Å². The van der Waals surface area contributed by atoms with Crippen molar-refractivity contribution in [3.63, 3.8) is 0 Å².